The predicted octanol–water partition coefficient (Wildman–Crippen LogP) is 7.16. The van der Waals surface area contributed by atoms with Crippen molar-refractivity contribution in [3.05, 3.63) is 84.1 Å². The number of rotatable bonds is 6. The molecule has 2 heterocycles. The van der Waals surface area contributed by atoms with Gasteiger partial charge in [-0.25, -0.2) is 9.78 Å². The molecule has 34 heavy (non-hydrogen) atoms. The van der Waals surface area contributed by atoms with E-state index in [1.807, 2.05) is 42.5 Å². The summed E-state index contributed by atoms with van der Waals surface area (Å²) in [6.45, 7) is 13.3. The van der Waals surface area contributed by atoms with Crippen molar-refractivity contribution >= 4 is 17.4 Å². The monoisotopic (exact) mass is 455 g/mol. The molecular formula is C29H33N3O2. The lowest BCUT2D eigenvalue weighted by Crippen LogP contribution is -2.36. The number of imidazole rings is 1. The van der Waals surface area contributed by atoms with Crippen LogP contribution in [0.1, 0.15) is 57.0 Å². The maximum absolute atomic E-state index is 12.4. The summed E-state index contributed by atoms with van der Waals surface area (Å²) in [7, 11) is 0. The van der Waals surface area contributed by atoms with Gasteiger partial charge < -0.3 is 10.1 Å². The highest BCUT2D eigenvalue weighted by Crippen LogP contribution is 2.35. The van der Waals surface area contributed by atoms with Gasteiger partial charge in [-0.3, -0.25) is 4.40 Å². The quantitative estimate of drug-likeness (QED) is 0.248. The number of nitrogens with one attached hydrogen (secondary N) is 1. The fraction of sp³-hybridized carbons (Fsp3) is 0.310. The first-order chi connectivity index (χ1) is 16.0. The van der Waals surface area contributed by atoms with Crippen LogP contribution in [0.25, 0.3) is 16.9 Å². The molecule has 5 heteroatoms. The van der Waals surface area contributed by atoms with Gasteiger partial charge in [0.25, 0.3) is 0 Å². The van der Waals surface area contributed by atoms with Gasteiger partial charge in [0, 0.05) is 17.3 Å². The Hall–Kier alpha value is -3.60. The third kappa shape index (κ3) is 5.48. The zero-order valence-corrected chi connectivity index (χ0v) is 20.8. The van der Waals surface area contributed by atoms with E-state index in [1.165, 1.54) is 0 Å². The lowest BCUT2D eigenvalue weighted by atomic mass is 9.82. The molecular weight excluding hydrogens is 422 g/mol. The van der Waals surface area contributed by atoms with E-state index >= 15 is 0 Å². The average molecular weight is 456 g/mol. The molecule has 0 amide bonds. The fourth-order valence-corrected chi connectivity index (χ4v) is 4.58. The molecule has 0 aliphatic rings. The first-order valence-corrected chi connectivity index (χ1v) is 11.7. The molecule has 5 nitrogen and oxygen atoms in total. The maximum atomic E-state index is 12.4. The van der Waals surface area contributed by atoms with Crippen molar-refractivity contribution in [1.29, 1.82) is 0 Å². The zero-order valence-electron chi connectivity index (χ0n) is 20.8. The summed E-state index contributed by atoms with van der Waals surface area (Å²) in [5.41, 5.74) is 4.44. The van der Waals surface area contributed by atoms with Gasteiger partial charge in [0.05, 0.1) is 5.56 Å². The Morgan fingerprint density at radius 2 is 1.65 bits per heavy atom. The standard InChI is InChI=1S/C29H33N3O2/c1-20-16-17-32-24(18-20)30-25(26(32)31-29(5,6)19-28(2,3)4)21-12-14-23(15-13-21)34-27(33)22-10-8-7-9-11-22/h7-18,31H,19H2,1-6H3. The molecule has 0 saturated carbocycles. The van der Waals surface area contributed by atoms with Crippen LogP contribution in [-0.4, -0.2) is 20.9 Å². The van der Waals surface area contributed by atoms with Crippen LogP contribution in [0.4, 0.5) is 5.82 Å². The highest BCUT2D eigenvalue weighted by Gasteiger charge is 2.28. The Morgan fingerprint density at radius 3 is 2.29 bits per heavy atom. The number of aromatic nitrogens is 2. The van der Waals surface area contributed by atoms with Crippen LogP contribution in [0.15, 0.2) is 72.9 Å². The summed E-state index contributed by atoms with van der Waals surface area (Å²) >= 11 is 0. The number of ether oxygens (including phenoxy) is 1. The zero-order chi connectivity index (χ0) is 24.5. The van der Waals surface area contributed by atoms with Crippen molar-refractivity contribution in [2.75, 3.05) is 5.32 Å². The van der Waals surface area contributed by atoms with Crippen molar-refractivity contribution in [3.8, 4) is 17.0 Å². The Labute approximate surface area is 201 Å². The van der Waals surface area contributed by atoms with Crippen molar-refractivity contribution in [1.82, 2.24) is 9.38 Å². The van der Waals surface area contributed by atoms with E-state index in [2.05, 4.69) is 69.6 Å². The molecule has 176 valence electrons. The van der Waals surface area contributed by atoms with E-state index in [-0.39, 0.29) is 16.9 Å². The lowest BCUT2D eigenvalue weighted by Gasteiger charge is -2.34. The second-order valence-electron chi connectivity index (χ2n) is 10.8. The third-order valence-corrected chi connectivity index (χ3v) is 5.56. The topological polar surface area (TPSA) is 55.6 Å². The van der Waals surface area contributed by atoms with E-state index in [9.17, 15) is 4.79 Å². The Morgan fingerprint density at radius 1 is 0.971 bits per heavy atom. The summed E-state index contributed by atoms with van der Waals surface area (Å²) in [6.07, 6.45) is 3.06. The minimum atomic E-state index is -0.372. The molecule has 0 bridgehead atoms. The molecule has 0 aliphatic heterocycles. The van der Waals surface area contributed by atoms with Crippen molar-refractivity contribution in [3.63, 3.8) is 0 Å². The smallest absolute Gasteiger partial charge is 0.343 e. The fourth-order valence-electron chi connectivity index (χ4n) is 4.58. The van der Waals surface area contributed by atoms with Gasteiger partial charge in [0.15, 0.2) is 0 Å². The molecule has 4 aromatic rings. The molecule has 0 fully saturated rings. The molecule has 0 unspecified atom stereocenters. The first kappa shape index (κ1) is 23.6. The number of nitrogens with zero attached hydrogens (tertiary/aromatic N) is 2. The summed E-state index contributed by atoms with van der Waals surface area (Å²) < 4.78 is 7.66. The van der Waals surface area contributed by atoms with E-state index in [0.29, 0.717) is 11.3 Å². The number of carbonyl (C=O) groups is 1. The Bertz CT molecular complexity index is 1300. The van der Waals surface area contributed by atoms with E-state index < -0.39 is 0 Å². The van der Waals surface area contributed by atoms with Crippen molar-refractivity contribution in [2.45, 2.75) is 53.5 Å². The summed E-state index contributed by atoms with van der Waals surface area (Å²) in [5, 5.41) is 3.77. The minimum Gasteiger partial charge on any atom is -0.423 e. The normalized spacial score (nSPS) is 12.1. The molecule has 0 spiro atoms. The maximum Gasteiger partial charge on any atom is 0.343 e. The second-order valence-corrected chi connectivity index (χ2v) is 10.8. The number of benzene rings is 2. The molecule has 1 N–H and O–H groups in total. The van der Waals surface area contributed by atoms with Crippen LogP contribution in [0.2, 0.25) is 0 Å². The number of aryl methyl sites for hydroxylation is 1. The van der Waals surface area contributed by atoms with Gasteiger partial charge in [-0.2, -0.15) is 0 Å². The number of fused-ring (bicyclic) bond motifs is 1. The molecule has 4 rings (SSSR count). The highest BCUT2D eigenvalue weighted by atomic mass is 16.5. The van der Waals surface area contributed by atoms with Crippen LogP contribution >= 0.6 is 0 Å². The molecule has 0 radical (unpaired) electrons. The Balaban J connectivity index is 1.67. The van der Waals surface area contributed by atoms with E-state index in [0.717, 1.165) is 34.7 Å². The SMILES string of the molecule is Cc1ccn2c(NC(C)(C)CC(C)(C)C)c(-c3ccc(OC(=O)c4ccccc4)cc3)nc2c1. The number of hydrogen-bond donors (Lipinski definition) is 1. The first-order valence-electron chi connectivity index (χ1n) is 11.7. The second kappa shape index (κ2) is 8.98. The minimum absolute atomic E-state index is 0.140. The number of anilines is 1. The average Bonchev–Trinajstić information content (AvgIpc) is 3.09. The van der Waals surface area contributed by atoms with E-state index in [1.54, 1.807) is 12.1 Å². The van der Waals surface area contributed by atoms with Crippen LogP contribution in [0.5, 0.6) is 5.75 Å². The van der Waals surface area contributed by atoms with E-state index in [4.69, 9.17) is 9.72 Å². The molecule has 0 saturated heterocycles. The summed E-state index contributed by atoms with van der Waals surface area (Å²) in [5.74, 6) is 1.08. The van der Waals surface area contributed by atoms with Crippen LogP contribution in [-0.2, 0) is 0 Å². The number of carbonyl (C=O) groups excluding carboxylic acids is 1. The lowest BCUT2D eigenvalue weighted by molar-refractivity contribution is 0.0734. The largest absolute Gasteiger partial charge is 0.423 e. The Kier molecular flexibility index (Phi) is 6.22. The van der Waals surface area contributed by atoms with Gasteiger partial charge in [-0.15, -0.1) is 0 Å². The van der Waals surface area contributed by atoms with Crippen molar-refractivity contribution in [2.24, 2.45) is 5.41 Å². The van der Waals surface area contributed by atoms with Crippen molar-refractivity contribution < 1.29 is 9.53 Å². The highest BCUT2D eigenvalue weighted by molar-refractivity contribution is 5.91. The summed E-state index contributed by atoms with van der Waals surface area (Å²) in [4.78, 5) is 17.4. The van der Waals surface area contributed by atoms with Gasteiger partial charge >= 0.3 is 5.97 Å². The third-order valence-electron chi connectivity index (χ3n) is 5.56. The number of esters is 1. The van der Waals surface area contributed by atoms with Gasteiger partial charge in [0.1, 0.15) is 22.9 Å². The molecule has 2 aromatic heterocycles. The predicted molar refractivity (Wildman–Crippen MR) is 139 cm³/mol. The number of pyridine rings is 1. The van der Waals surface area contributed by atoms with Crippen LogP contribution in [0.3, 0.4) is 0 Å². The molecule has 0 atom stereocenters. The molecule has 2 aromatic carbocycles. The van der Waals surface area contributed by atoms with Gasteiger partial charge in [-0.1, -0.05) is 39.0 Å². The van der Waals surface area contributed by atoms with Gasteiger partial charge in [-0.05, 0) is 86.7 Å². The molecule has 0 aliphatic carbocycles. The summed E-state index contributed by atoms with van der Waals surface area (Å²) in [6, 6.07) is 20.7. The van der Waals surface area contributed by atoms with Gasteiger partial charge in [0.2, 0.25) is 0 Å². The number of hydrogen-bond acceptors (Lipinski definition) is 4. The van der Waals surface area contributed by atoms with Crippen LogP contribution in [0, 0.1) is 12.3 Å². The van der Waals surface area contributed by atoms with Crippen LogP contribution < -0.4 is 10.1 Å².